The van der Waals surface area contributed by atoms with Gasteiger partial charge in [0.25, 0.3) is 0 Å². The highest BCUT2D eigenvalue weighted by molar-refractivity contribution is 5.48. The average molecular weight is 280 g/mol. The molecule has 2 aromatic rings. The first-order valence-electron chi connectivity index (χ1n) is 8.00. The normalized spacial score (nSPS) is 14.6. The van der Waals surface area contributed by atoms with E-state index in [1.54, 1.807) is 0 Å². The number of nitrogens with one attached hydrogen (secondary N) is 1. The molecular weight excluding hydrogens is 256 g/mol. The molecule has 0 amide bonds. The molecule has 1 aliphatic heterocycles. The van der Waals surface area contributed by atoms with Crippen molar-refractivity contribution in [3.63, 3.8) is 0 Å². The molecule has 0 saturated carbocycles. The first kappa shape index (κ1) is 14.2. The number of rotatable bonds is 6. The maximum atomic E-state index is 3.53. The zero-order chi connectivity index (χ0) is 14.3. The highest BCUT2D eigenvalue weighted by atomic mass is 15.1. The summed E-state index contributed by atoms with van der Waals surface area (Å²) in [5, 5.41) is 3.53. The summed E-state index contributed by atoms with van der Waals surface area (Å²) in [6.45, 7) is 4.41. The Bertz CT molecular complexity index is 527. The molecule has 3 rings (SSSR count). The summed E-state index contributed by atoms with van der Waals surface area (Å²) in [6.07, 6.45) is 3.76. The highest BCUT2D eigenvalue weighted by Crippen LogP contribution is 2.20. The van der Waals surface area contributed by atoms with Gasteiger partial charge in [-0.3, -0.25) is 0 Å². The van der Waals surface area contributed by atoms with E-state index in [-0.39, 0.29) is 0 Å². The van der Waals surface area contributed by atoms with E-state index in [0.29, 0.717) is 0 Å². The lowest BCUT2D eigenvalue weighted by Crippen LogP contribution is -2.18. The van der Waals surface area contributed by atoms with E-state index in [4.69, 9.17) is 0 Å². The van der Waals surface area contributed by atoms with Crippen LogP contribution in [-0.4, -0.2) is 19.6 Å². The van der Waals surface area contributed by atoms with Crippen LogP contribution < -0.4 is 10.2 Å². The molecule has 1 aliphatic rings. The van der Waals surface area contributed by atoms with Crippen molar-refractivity contribution in [2.75, 3.05) is 24.5 Å². The Kier molecular flexibility index (Phi) is 4.90. The van der Waals surface area contributed by atoms with Gasteiger partial charge >= 0.3 is 0 Å². The molecule has 0 aliphatic carbocycles. The largest absolute Gasteiger partial charge is 0.372 e. The van der Waals surface area contributed by atoms with Crippen LogP contribution in [0.25, 0.3) is 0 Å². The van der Waals surface area contributed by atoms with Crippen molar-refractivity contribution in [3.8, 4) is 0 Å². The number of benzene rings is 2. The fraction of sp³-hybridized carbons (Fsp3) is 0.368. The van der Waals surface area contributed by atoms with Gasteiger partial charge in [-0.25, -0.2) is 0 Å². The Morgan fingerprint density at radius 3 is 2.24 bits per heavy atom. The van der Waals surface area contributed by atoms with Crippen LogP contribution in [0.1, 0.15) is 24.0 Å². The van der Waals surface area contributed by atoms with E-state index in [2.05, 4.69) is 64.8 Å². The van der Waals surface area contributed by atoms with Gasteiger partial charge in [0.1, 0.15) is 0 Å². The van der Waals surface area contributed by atoms with E-state index in [1.807, 2.05) is 0 Å². The van der Waals surface area contributed by atoms with Crippen molar-refractivity contribution < 1.29 is 0 Å². The Labute approximate surface area is 127 Å². The van der Waals surface area contributed by atoms with Gasteiger partial charge in [0.05, 0.1) is 0 Å². The van der Waals surface area contributed by atoms with Crippen LogP contribution in [0.2, 0.25) is 0 Å². The molecule has 110 valence electrons. The summed E-state index contributed by atoms with van der Waals surface area (Å²) in [5.41, 5.74) is 4.14. The van der Waals surface area contributed by atoms with Gasteiger partial charge in [-0.15, -0.1) is 0 Å². The van der Waals surface area contributed by atoms with Crippen LogP contribution in [0, 0.1) is 0 Å². The highest BCUT2D eigenvalue weighted by Gasteiger charge is 2.11. The van der Waals surface area contributed by atoms with Gasteiger partial charge in [-0.05, 0) is 49.1 Å². The monoisotopic (exact) mass is 280 g/mol. The topological polar surface area (TPSA) is 15.3 Å². The molecule has 0 atom stereocenters. The molecule has 1 N–H and O–H groups in total. The summed E-state index contributed by atoms with van der Waals surface area (Å²) >= 11 is 0. The average Bonchev–Trinajstić information content (AvgIpc) is 3.08. The molecule has 1 heterocycles. The third-order valence-corrected chi connectivity index (χ3v) is 4.17. The lowest BCUT2D eigenvalue weighted by molar-refractivity contribution is 0.687. The summed E-state index contributed by atoms with van der Waals surface area (Å²) in [4.78, 5) is 2.48. The van der Waals surface area contributed by atoms with Gasteiger partial charge in [0.2, 0.25) is 0 Å². The van der Waals surface area contributed by atoms with E-state index in [1.165, 1.54) is 42.7 Å². The maximum Gasteiger partial charge on any atom is 0.0366 e. The molecule has 21 heavy (non-hydrogen) atoms. The minimum Gasteiger partial charge on any atom is -0.372 e. The van der Waals surface area contributed by atoms with Crippen LogP contribution in [0.3, 0.4) is 0 Å². The third-order valence-electron chi connectivity index (χ3n) is 4.17. The second kappa shape index (κ2) is 7.28. The van der Waals surface area contributed by atoms with Crippen molar-refractivity contribution in [3.05, 3.63) is 65.7 Å². The lowest BCUT2D eigenvalue weighted by atomic mass is 10.1. The molecule has 2 heteroatoms. The van der Waals surface area contributed by atoms with Gasteiger partial charge in [-0.1, -0.05) is 42.5 Å². The lowest BCUT2D eigenvalue weighted by Gasteiger charge is -2.17. The van der Waals surface area contributed by atoms with E-state index < -0.39 is 0 Å². The molecule has 1 fully saturated rings. The molecule has 2 nitrogen and oxygen atoms in total. The van der Waals surface area contributed by atoms with Crippen molar-refractivity contribution in [2.45, 2.75) is 25.8 Å². The molecule has 0 unspecified atom stereocenters. The molecule has 0 radical (unpaired) electrons. The third kappa shape index (κ3) is 4.08. The first-order valence-corrected chi connectivity index (χ1v) is 8.00. The molecular formula is C19H24N2. The summed E-state index contributed by atoms with van der Waals surface area (Å²) in [7, 11) is 0. The Morgan fingerprint density at radius 1 is 0.810 bits per heavy atom. The quantitative estimate of drug-likeness (QED) is 0.813. The summed E-state index contributed by atoms with van der Waals surface area (Å²) in [5.74, 6) is 0. The predicted octanol–water partition coefficient (Wildman–Crippen LogP) is 3.62. The van der Waals surface area contributed by atoms with Gasteiger partial charge in [0.15, 0.2) is 0 Å². The molecule has 2 aromatic carbocycles. The van der Waals surface area contributed by atoms with Crippen LogP contribution in [-0.2, 0) is 13.0 Å². The minimum atomic E-state index is 0.952. The Morgan fingerprint density at radius 2 is 1.52 bits per heavy atom. The van der Waals surface area contributed by atoms with E-state index in [0.717, 1.165) is 19.5 Å². The van der Waals surface area contributed by atoms with Crippen molar-refractivity contribution in [2.24, 2.45) is 0 Å². The van der Waals surface area contributed by atoms with Crippen molar-refractivity contribution in [1.82, 2.24) is 5.32 Å². The van der Waals surface area contributed by atoms with E-state index >= 15 is 0 Å². The van der Waals surface area contributed by atoms with Gasteiger partial charge < -0.3 is 10.2 Å². The fourth-order valence-electron chi connectivity index (χ4n) is 2.91. The summed E-state index contributed by atoms with van der Waals surface area (Å²) < 4.78 is 0. The van der Waals surface area contributed by atoms with Crippen LogP contribution in [0.4, 0.5) is 5.69 Å². The number of anilines is 1. The number of nitrogens with zero attached hydrogens (tertiary/aromatic N) is 1. The molecule has 0 spiro atoms. The van der Waals surface area contributed by atoms with Crippen LogP contribution in [0.5, 0.6) is 0 Å². The zero-order valence-electron chi connectivity index (χ0n) is 12.6. The summed E-state index contributed by atoms with van der Waals surface area (Å²) in [6, 6.07) is 19.7. The van der Waals surface area contributed by atoms with Crippen molar-refractivity contribution >= 4 is 5.69 Å². The standard InChI is InChI=1S/C19H24N2/c1-2-6-17(7-3-1)12-13-20-16-18-8-10-19(11-9-18)21-14-4-5-15-21/h1-3,6-11,20H,4-5,12-16H2. The second-order valence-electron chi connectivity index (χ2n) is 5.77. The minimum absolute atomic E-state index is 0.952. The van der Waals surface area contributed by atoms with Gasteiger partial charge in [-0.2, -0.15) is 0 Å². The van der Waals surface area contributed by atoms with E-state index in [9.17, 15) is 0 Å². The zero-order valence-corrected chi connectivity index (χ0v) is 12.6. The Balaban J connectivity index is 1.43. The smallest absolute Gasteiger partial charge is 0.0366 e. The number of hydrogen-bond acceptors (Lipinski definition) is 2. The van der Waals surface area contributed by atoms with Crippen molar-refractivity contribution in [1.29, 1.82) is 0 Å². The molecule has 1 saturated heterocycles. The first-order chi connectivity index (χ1) is 10.4. The SMILES string of the molecule is c1ccc(CCNCc2ccc(N3CCCC3)cc2)cc1. The predicted molar refractivity (Wildman–Crippen MR) is 89.7 cm³/mol. The second-order valence-corrected chi connectivity index (χ2v) is 5.77. The number of hydrogen-bond donors (Lipinski definition) is 1. The maximum absolute atomic E-state index is 3.53. The Hall–Kier alpha value is -1.80. The molecule has 0 aromatic heterocycles. The van der Waals surface area contributed by atoms with Crippen LogP contribution in [0.15, 0.2) is 54.6 Å². The van der Waals surface area contributed by atoms with Gasteiger partial charge in [0, 0.05) is 25.3 Å². The van der Waals surface area contributed by atoms with Crippen LogP contribution >= 0.6 is 0 Å². The molecule has 0 bridgehead atoms. The fourth-order valence-corrected chi connectivity index (χ4v) is 2.91.